The lowest BCUT2D eigenvalue weighted by molar-refractivity contribution is 0.0430. The van der Waals surface area contributed by atoms with E-state index < -0.39 is 0 Å². The van der Waals surface area contributed by atoms with Crippen molar-refractivity contribution >= 4 is 16.9 Å². The Labute approximate surface area is 150 Å². The molecule has 0 radical (unpaired) electrons. The van der Waals surface area contributed by atoms with Crippen LogP contribution in [0.25, 0.3) is 11.0 Å². The second-order valence-corrected chi connectivity index (χ2v) is 6.72. The maximum absolute atomic E-state index is 12.8. The van der Waals surface area contributed by atoms with Crippen molar-refractivity contribution < 1.29 is 14.1 Å². The maximum atomic E-state index is 12.8. The van der Waals surface area contributed by atoms with E-state index in [0.717, 1.165) is 34.5 Å². The van der Waals surface area contributed by atoms with Crippen LogP contribution in [0.3, 0.4) is 0 Å². The van der Waals surface area contributed by atoms with Crippen LogP contribution in [0.2, 0.25) is 0 Å². The summed E-state index contributed by atoms with van der Waals surface area (Å²) in [5, 5.41) is 11.8. The number of carbonyl (C=O) groups is 1. The molecule has 1 amide bonds. The van der Waals surface area contributed by atoms with Gasteiger partial charge in [0.2, 0.25) is 0 Å². The predicted octanol–water partition coefficient (Wildman–Crippen LogP) is 2.30. The standard InChI is InChI=1S/C18H21N5O3/c1-10-15-6-13(7-19-17(15)21-20-10)18(24)23-5-4-14(8-23)25-9-16-11(2)22-26-12(16)3/h6-7,14H,4-5,8-9H2,1-3H3,(H,19,20,21). The van der Waals surface area contributed by atoms with E-state index in [4.69, 9.17) is 9.26 Å². The summed E-state index contributed by atoms with van der Waals surface area (Å²) in [6, 6.07) is 1.85. The third kappa shape index (κ3) is 2.96. The minimum Gasteiger partial charge on any atom is -0.371 e. The summed E-state index contributed by atoms with van der Waals surface area (Å²) in [5.41, 5.74) is 3.95. The Hall–Kier alpha value is -2.74. The largest absolute Gasteiger partial charge is 0.371 e. The number of likely N-dealkylation sites (tertiary alicyclic amines) is 1. The summed E-state index contributed by atoms with van der Waals surface area (Å²) < 4.78 is 11.1. The number of aryl methyl sites for hydroxylation is 3. The van der Waals surface area contributed by atoms with Crippen molar-refractivity contribution in [3.63, 3.8) is 0 Å². The third-order valence-electron chi connectivity index (χ3n) is 4.92. The van der Waals surface area contributed by atoms with Crippen molar-refractivity contribution in [1.29, 1.82) is 0 Å². The van der Waals surface area contributed by atoms with Crippen LogP contribution in [0.1, 0.15) is 39.5 Å². The SMILES string of the molecule is Cc1noc(C)c1COC1CCN(C(=O)c2cnc3n[nH]c(C)c3c2)C1. The molecule has 4 rings (SSSR count). The summed E-state index contributed by atoms with van der Waals surface area (Å²) in [6.45, 7) is 7.40. The predicted molar refractivity (Wildman–Crippen MR) is 93.7 cm³/mol. The van der Waals surface area contributed by atoms with E-state index in [-0.39, 0.29) is 12.0 Å². The number of nitrogens with zero attached hydrogens (tertiary/aromatic N) is 4. The second kappa shape index (κ2) is 6.53. The van der Waals surface area contributed by atoms with Crippen LogP contribution >= 0.6 is 0 Å². The molecular weight excluding hydrogens is 334 g/mol. The van der Waals surface area contributed by atoms with E-state index in [1.807, 2.05) is 31.7 Å². The number of aromatic amines is 1. The van der Waals surface area contributed by atoms with Crippen LogP contribution in [0, 0.1) is 20.8 Å². The minimum atomic E-state index is -0.0246. The highest BCUT2D eigenvalue weighted by Crippen LogP contribution is 2.21. The Morgan fingerprint density at radius 2 is 2.27 bits per heavy atom. The number of amides is 1. The molecule has 26 heavy (non-hydrogen) atoms. The first-order valence-electron chi connectivity index (χ1n) is 8.66. The van der Waals surface area contributed by atoms with Gasteiger partial charge in [-0.15, -0.1) is 0 Å². The first-order chi connectivity index (χ1) is 12.5. The quantitative estimate of drug-likeness (QED) is 0.771. The smallest absolute Gasteiger partial charge is 0.255 e. The Morgan fingerprint density at radius 3 is 3.04 bits per heavy atom. The summed E-state index contributed by atoms with van der Waals surface area (Å²) in [7, 11) is 0. The number of fused-ring (bicyclic) bond motifs is 1. The lowest BCUT2D eigenvalue weighted by Crippen LogP contribution is -2.30. The van der Waals surface area contributed by atoms with Crippen LogP contribution in [-0.4, -0.2) is 50.3 Å². The maximum Gasteiger partial charge on any atom is 0.255 e. The van der Waals surface area contributed by atoms with E-state index in [0.29, 0.717) is 30.9 Å². The van der Waals surface area contributed by atoms with E-state index in [1.165, 1.54) is 0 Å². The van der Waals surface area contributed by atoms with Gasteiger partial charge in [-0.25, -0.2) is 4.98 Å². The van der Waals surface area contributed by atoms with Gasteiger partial charge in [-0.05, 0) is 33.3 Å². The van der Waals surface area contributed by atoms with Gasteiger partial charge in [0.1, 0.15) is 5.76 Å². The summed E-state index contributed by atoms with van der Waals surface area (Å²) in [5.74, 6) is 0.756. The fourth-order valence-corrected chi connectivity index (χ4v) is 3.28. The van der Waals surface area contributed by atoms with E-state index in [9.17, 15) is 4.79 Å². The molecule has 1 aliphatic heterocycles. The molecule has 0 spiro atoms. The highest BCUT2D eigenvalue weighted by molar-refractivity contribution is 5.97. The monoisotopic (exact) mass is 355 g/mol. The van der Waals surface area contributed by atoms with Gasteiger partial charge in [-0.3, -0.25) is 9.89 Å². The van der Waals surface area contributed by atoms with Gasteiger partial charge < -0.3 is 14.2 Å². The Morgan fingerprint density at radius 1 is 1.42 bits per heavy atom. The number of ether oxygens (including phenoxy) is 1. The van der Waals surface area contributed by atoms with E-state index >= 15 is 0 Å². The van der Waals surface area contributed by atoms with Gasteiger partial charge >= 0.3 is 0 Å². The van der Waals surface area contributed by atoms with Gasteiger partial charge in [0, 0.05) is 35.9 Å². The first-order valence-corrected chi connectivity index (χ1v) is 8.66. The number of hydrogen-bond donors (Lipinski definition) is 1. The van der Waals surface area contributed by atoms with Gasteiger partial charge in [0.25, 0.3) is 5.91 Å². The second-order valence-electron chi connectivity index (χ2n) is 6.72. The molecule has 1 saturated heterocycles. The van der Waals surface area contributed by atoms with Crippen LogP contribution in [-0.2, 0) is 11.3 Å². The lowest BCUT2D eigenvalue weighted by Gasteiger charge is -2.16. The average molecular weight is 355 g/mol. The molecule has 3 aromatic heterocycles. The Kier molecular flexibility index (Phi) is 4.20. The molecule has 0 bridgehead atoms. The van der Waals surface area contributed by atoms with Gasteiger partial charge in [0.15, 0.2) is 5.65 Å². The van der Waals surface area contributed by atoms with Crippen molar-refractivity contribution in [2.75, 3.05) is 13.1 Å². The molecule has 0 saturated carbocycles. The fourth-order valence-electron chi connectivity index (χ4n) is 3.28. The first kappa shape index (κ1) is 16.7. The fraction of sp³-hybridized carbons (Fsp3) is 0.444. The zero-order chi connectivity index (χ0) is 18.3. The lowest BCUT2D eigenvalue weighted by atomic mass is 10.2. The number of nitrogens with one attached hydrogen (secondary N) is 1. The van der Waals surface area contributed by atoms with Crippen LogP contribution in [0.4, 0.5) is 0 Å². The van der Waals surface area contributed by atoms with Gasteiger partial charge in [-0.1, -0.05) is 5.16 Å². The number of rotatable bonds is 4. The summed E-state index contributed by atoms with van der Waals surface area (Å²) in [4.78, 5) is 18.9. The van der Waals surface area contributed by atoms with Crippen molar-refractivity contribution in [1.82, 2.24) is 25.2 Å². The molecule has 0 aliphatic carbocycles. The normalized spacial score (nSPS) is 17.3. The molecule has 136 valence electrons. The van der Waals surface area contributed by atoms with Crippen molar-refractivity contribution in [3.05, 3.63) is 40.5 Å². The number of carbonyl (C=O) groups excluding carboxylic acids is 1. The van der Waals surface area contributed by atoms with Crippen LogP contribution in [0.15, 0.2) is 16.8 Å². The average Bonchev–Trinajstić information content (AvgIpc) is 3.33. The molecule has 4 heterocycles. The zero-order valence-electron chi connectivity index (χ0n) is 15.1. The molecule has 1 aliphatic rings. The highest BCUT2D eigenvalue weighted by atomic mass is 16.5. The molecule has 0 aromatic carbocycles. The number of pyridine rings is 1. The van der Waals surface area contributed by atoms with Crippen LogP contribution in [0.5, 0.6) is 0 Å². The molecule has 1 N–H and O–H groups in total. The molecule has 3 aromatic rings. The van der Waals surface area contributed by atoms with E-state index in [1.54, 1.807) is 6.20 Å². The van der Waals surface area contributed by atoms with Crippen molar-refractivity contribution in [2.45, 2.75) is 39.9 Å². The van der Waals surface area contributed by atoms with Gasteiger partial charge in [0.05, 0.1) is 24.0 Å². The molecule has 1 fully saturated rings. The molecule has 1 unspecified atom stereocenters. The number of hydrogen-bond acceptors (Lipinski definition) is 6. The molecular formula is C18H21N5O3. The third-order valence-corrected chi connectivity index (χ3v) is 4.92. The number of aromatic nitrogens is 4. The van der Waals surface area contributed by atoms with Gasteiger partial charge in [-0.2, -0.15) is 5.10 Å². The van der Waals surface area contributed by atoms with Crippen LogP contribution < -0.4 is 0 Å². The van der Waals surface area contributed by atoms with Crippen molar-refractivity contribution in [3.8, 4) is 0 Å². The minimum absolute atomic E-state index is 0.0139. The molecule has 1 atom stereocenters. The highest BCUT2D eigenvalue weighted by Gasteiger charge is 2.28. The summed E-state index contributed by atoms with van der Waals surface area (Å²) in [6.07, 6.45) is 2.42. The molecule has 8 nitrogen and oxygen atoms in total. The topological polar surface area (TPSA) is 97.1 Å². The Balaban J connectivity index is 1.41. The Bertz CT molecular complexity index is 942. The van der Waals surface area contributed by atoms with Crippen molar-refractivity contribution in [2.24, 2.45) is 0 Å². The zero-order valence-corrected chi connectivity index (χ0v) is 15.1. The molecule has 8 heteroatoms. The number of H-pyrrole nitrogens is 1. The van der Waals surface area contributed by atoms with E-state index in [2.05, 4.69) is 20.3 Å². The summed E-state index contributed by atoms with van der Waals surface area (Å²) >= 11 is 0.